The van der Waals surface area contributed by atoms with E-state index in [1.54, 1.807) is 26.0 Å². The van der Waals surface area contributed by atoms with Crippen LogP contribution >= 0.6 is 11.3 Å². The summed E-state index contributed by atoms with van der Waals surface area (Å²) in [4.78, 5) is 31.6. The maximum Gasteiger partial charge on any atom is 0.340 e. The number of aryl methyl sites for hydroxylation is 1. The number of nitrogen functional groups attached to an aromatic ring is 1. The van der Waals surface area contributed by atoms with Gasteiger partial charge in [0.15, 0.2) is 0 Å². The minimum absolute atomic E-state index is 0.162. The number of nitrogens with two attached hydrogens (primary N) is 1. The van der Waals surface area contributed by atoms with Gasteiger partial charge < -0.3 is 10.5 Å². The zero-order valence-corrected chi connectivity index (χ0v) is 17.5. The largest absolute Gasteiger partial charge is 0.462 e. The van der Waals surface area contributed by atoms with Crippen molar-refractivity contribution in [1.29, 1.82) is 0 Å². The number of pyridine rings is 1. The molecular formula is C24H20N2O3S. The van der Waals surface area contributed by atoms with Crippen LogP contribution in [0.25, 0.3) is 21.3 Å². The van der Waals surface area contributed by atoms with E-state index in [2.05, 4.69) is 4.98 Å². The van der Waals surface area contributed by atoms with Gasteiger partial charge in [0.05, 0.1) is 23.6 Å². The monoisotopic (exact) mass is 416 g/mol. The van der Waals surface area contributed by atoms with E-state index in [0.717, 1.165) is 5.56 Å². The van der Waals surface area contributed by atoms with Crippen molar-refractivity contribution in [2.75, 3.05) is 12.3 Å². The average Bonchev–Trinajstić information content (AvgIpc) is 3.09. The third-order valence-electron chi connectivity index (χ3n) is 4.84. The molecule has 5 nitrogen and oxygen atoms in total. The van der Waals surface area contributed by atoms with E-state index in [4.69, 9.17) is 10.5 Å². The smallest absolute Gasteiger partial charge is 0.340 e. The zero-order valence-electron chi connectivity index (χ0n) is 16.6. The molecule has 30 heavy (non-hydrogen) atoms. The van der Waals surface area contributed by atoms with Crippen molar-refractivity contribution in [2.24, 2.45) is 0 Å². The lowest BCUT2D eigenvalue weighted by molar-refractivity contribution is 0.0526. The first-order valence-corrected chi connectivity index (χ1v) is 10.4. The molecular weight excluding hydrogens is 396 g/mol. The van der Waals surface area contributed by atoms with E-state index in [-0.39, 0.29) is 12.4 Å². The molecule has 4 aromatic rings. The number of esters is 1. The Morgan fingerprint density at radius 3 is 2.30 bits per heavy atom. The van der Waals surface area contributed by atoms with Crippen molar-refractivity contribution >= 4 is 39.0 Å². The molecule has 0 amide bonds. The van der Waals surface area contributed by atoms with Gasteiger partial charge in [-0.15, -0.1) is 11.3 Å². The lowest BCUT2D eigenvalue weighted by Gasteiger charge is -2.13. The number of aromatic nitrogens is 1. The van der Waals surface area contributed by atoms with Crippen molar-refractivity contribution in [1.82, 2.24) is 4.98 Å². The van der Waals surface area contributed by atoms with Crippen LogP contribution in [-0.2, 0) is 4.74 Å². The van der Waals surface area contributed by atoms with Gasteiger partial charge in [-0.25, -0.2) is 9.78 Å². The summed E-state index contributed by atoms with van der Waals surface area (Å²) in [6.45, 7) is 3.78. The summed E-state index contributed by atoms with van der Waals surface area (Å²) in [6.07, 6.45) is 0. The summed E-state index contributed by atoms with van der Waals surface area (Å²) in [5, 5.41) is 0.610. The predicted molar refractivity (Wildman–Crippen MR) is 120 cm³/mol. The first-order valence-electron chi connectivity index (χ1n) is 9.57. The molecule has 0 fully saturated rings. The molecule has 150 valence electrons. The fraction of sp³-hybridized carbons (Fsp3) is 0.125. The second-order valence-electron chi connectivity index (χ2n) is 6.75. The van der Waals surface area contributed by atoms with Crippen molar-refractivity contribution in [3.8, 4) is 11.1 Å². The summed E-state index contributed by atoms with van der Waals surface area (Å²) < 4.78 is 5.30. The molecule has 0 radical (unpaired) electrons. The Bertz CT molecular complexity index is 1250. The van der Waals surface area contributed by atoms with Crippen LogP contribution in [0.1, 0.15) is 38.2 Å². The lowest BCUT2D eigenvalue weighted by Crippen LogP contribution is -2.10. The number of thiophene rings is 1. The molecule has 0 saturated carbocycles. The standard InChI is InChI=1S/C24H20N2O3S/c1-3-29-24(28)17-14(2)26-23-19(18(17)15-10-6-4-7-11-15)20(25)22(30-23)21(27)16-12-8-5-9-13-16/h4-13H,3,25H2,1-2H3. The van der Waals surface area contributed by atoms with Crippen LogP contribution < -0.4 is 5.73 Å². The fourth-order valence-electron chi connectivity index (χ4n) is 3.50. The summed E-state index contributed by atoms with van der Waals surface area (Å²) in [5.74, 6) is -0.616. The van der Waals surface area contributed by atoms with Crippen molar-refractivity contribution in [2.45, 2.75) is 13.8 Å². The van der Waals surface area contributed by atoms with Crippen molar-refractivity contribution < 1.29 is 14.3 Å². The first-order chi connectivity index (χ1) is 14.5. The van der Waals surface area contributed by atoms with Crippen LogP contribution in [-0.4, -0.2) is 23.3 Å². The number of hydrogen-bond acceptors (Lipinski definition) is 6. The molecule has 0 saturated heterocycles. The highest BCUT2D eigenvalue weighted by Gasteiger charge is 2.27. The molecule has 0 aliphatic heterocycles. The predicted octanol–water partition coefficient (Wildman–Crippen LogP) is 5.26. The Hall–Kier alpha value is -3.51. The topological polar surface area (TPSA) is 82.3 Å². The Morgan fingerprint density at radius 2 is 1.67 bits per heavy atom. The summed E-state index contributed by atoms with van der Waals surface area (Å²) in [7, 11) is 0. The molecule has 2 aromatic heterocycles. The van der Waals surface area contributed by atoms with Crippen LogP contribution in [0.3, 0.4) is 0 Å². The number of fused-ring (bicyclic) bond motifs is 1. The maximum absolute atomic E-state index is 13.1. The number of hydrogen-bond donors (Lipinski definition) is 1. The molecule has 6 heteroatoms. The van der Waals surface area contributed by atoms with Gasteiger partial charge in [-0.3, -0.25) is 4.79 Å². The van der Waals surface area contributed by atoms with Crippen LogP contribution in [0.4, 0.5) is 5.69 Å². The number of ether oxygens (including phenoxy) is 1. The molecule has 2 N–H and O–H groups in total. The number of anilines is 1. The number of carbonyl (C=O) groups excluding carboxylic acids is 2. The van der Waals surface area contributed by atoms with Gasteiger partial charge in [0, 0.05) is 16.5 Å². The number of rotatable bonds is 5. The maximum atomic E-state index is 13.1. The van der Waals surface area contributed by atoms with Crippen LogP contribution in [0.15, 0.2) is 60.7 Å². The van der Waals surface area contributed by atoms with Crippen LogP contribution in [0, 0.1) is 6.92 Å². The van der Waals surface area contributed by atoms with Crippen LogP contribution in [0.5, 0.6) is 0 Å². The Balaban J connectivity index is 2.03. The zero-order chi connectivity index (χ0) is 21.3. The minimum atomic E-state index is -0.454. The third kappa shape index (κ3) is 3.35. The molecule has 0 unspecified atom stereocenters. The number of carbonyl (C=O) groups is 2. The molecule has 2 aromatic carbocycles. The van der Waals surface area contributed by atoms with Gasteiger partial charge >= 0.3 is 5.97 Å². The molecule has 0 aliphatic carbocycles. The lowest BCUT2D eigenvalue weighted by atomic mass is 9.95. The highest BCUT2D eigenvalue weighted by molar-refractivity contribution is 7.21. The van der Waals surface area contributed by atoms with E-state index < -0.39 is 5.97 Å². The van der Waals surface area contributed by atoms with Gasteiger partial charge in [0.2, 0.25) is 5.78 Å². The number of benzene rings is 2. The second kappa shape index (κ2) is 8.08. The molecule has 0 bridgehead atoms. The molecule has 4 rings (SSSR count). The third-order valence-corrected chi connectivity index (χ3v) is 5.94. The summed E-state index contributed by atoms with van der Waals surface area (Å²) in [5.41, 5.74) is 9.78. The molecule has 0 aliphatic rings. The molecule has 0 atom stereocenters. The quantitative estimate of drug-likeness (QED) is 0.354. The van der Waals surface area contributed by atoms with Crippen molar-refractivity contribution in [3.05, 3.63) is 82.4 Å². The Kier molecular flexibility index (Phi) is 5.33. The van der Waals surface area contributed by atoms with E-state index >= 15 is 0 Å². The average molecular weight is 417 g/mol. The summed E-state index contributed by atoms with van der Waals surface area (Å²) >= 11 is 1.25. The normalized spacial score (nSPS) is 10.9. The number of ketones is 1. The highest BCUT2D eigenvalue weighted by atomic mass is 32.1. The van der Waals surface area contributed by atoms with Crippen molar-refractivity contribution in [3.63, 3.8) is 0 Å². The van der Waals surface area contributed by atoms with Gasteiger partial charge in [-0.05, 0) is 19.4 Å². The van der Waals surface area contributed by atoms with E-state index in [1.807, 2.05) is 48.5 Å². The van der Waals surface area contributed by atoms with E-state index in [0.29, 0.717) is 43.2 Å². The second-order valence-corrected chi connectivity index (χ2v) is 7.75. The summed E-state index contributed by atoms with van der Waals surface area (Å²) in [6, 6.07) is 18.5. The van der Waals surface area contributed by atoms with E-state index in [1.165, 1.54) is 11.3 Å². The van der Waals surface area contributed by atoms with Gasteiger partial charge in [-0.2, -0.15) is 0 Å². The van der Waals surface area contributed by atoms with Gasteiger partial charge in [0.1, 0.15) is 9.71 Å². The Labute approximate surface area is 178 Å². The fourth-order valence-corrected chi connectivity index (χ4v) is 4.61. The first kappa shape index (κ1) is 19.8. The minimum Gasteiger partial charge on any atom is -0.462 e. The SMILES string of the molecule is CCOC(=O)c1c(C)nc2sc(C(=O)c3ccccc3)c(N)c2c1-c1ccccc1. The Morgan fingerprint density at radius 1 is 1.03 bits per heavy atom. The molecule has 0 spiro atoms. The molecule has 2 heterocycles. The highest BCUT2D eigenvalue weighted by Crippen LogP contribution is 2.42. The van der Waals surface area contributed by atoms with Crippen LogP contribution in [0.2, 0.25) is 0 Å². The van der Waals surface area contributed by atoms with E-state index in [9.17, 15) is 9.59 Å². The van der Waals surface area contributed by atoms with Gasteiger partial charge in [-0.1, -0.05) is 60.7 Å². The van der Waals surface area contributed by atoms with Gasteiger partial charge in [0.25, 0.3) is 0 Å². The number of nitrogens with zero attached hydrogens (tertiary/aromatic N) is 1.